The average Bonchev–Trinajstić information content (AvgIpc) is 2.63. The third kappa shape index (κ3) is 4.32. The van der Waals surface area contributed by atoms with Crippen molar-refractivity contribution in [2.75, 3.05) is 29.6 Å². The summed E-state index contributed by atoms with van der Waals surface area (Å²) in [5, 5.41) is 5.99. The predicted octanol–water partition coefficient (Wildman–Crippen LogP) is 3.54. The highest BCUT2D eigenvalue weighted by atomic mass is 16.1. The van der Waals surface area contributed by atoms with Crippen molar-refractivity contribution < 1.29 is 4.79 Å². The molecule has 2 N–H and O–H groups in total. The van der Waals surface area contributed by atoms with Gasteiger partial charge in [0, 0.05) is 37.2 Å². The molecule has 0 unspecified atom stereocenters. The lowest BCUT2D eigenvalue weighted by Gasteiger charge is -2.13. The van der Waals surface area contributed by atoms with E-state index in [2.05, 4.69) is 20.6 Å². The zero-order chi connectivity index (χ0) is 17.6. The molecule has 6 nitrogen and oxygen atoms in total. The maximum Gasteiger partial charge on any atom is 0.274 e. The molecular weight excluding hydrogens is 314 g/mol. The summed E-state index contributed by atoms with van der Waals surface area (Å²) in [6, 6.07) is 18.9. The number of nitrogens with one attached hydrogen (secondary N) is 2. The van der Waals surface area contributed by atoms with Crippen LogP contribution in [0.3, 0.4) is 0 Å². The number of rotatable bonds is 5. The van der Waals surface area contributed by atoms with Gasteiger partial charge in [-0.1, -0.05) is 18.2 Å². The second-order valence-corrected chi connectivity index (χ2v) is 5.67. The molecule has 0 aliphatic carbocycles. The van der Waals surface area contributed by atoms with Crippen molar-refractivity contribution in [2.45, 2.75) is 0 Å². The van der Waals surface area contributed by atoms with Crippen LogP contribution in [0.2, 0.25) is 0 Å². The molecule has 3 rings (SSSR count). The number of carbonyl (C=O) groups is 1. The highest BCUT2D eigenvalue weighted by Gasteiger charge is 2.09. The van der Waals surface area contributed by atoms with E-state index in [1.807, 2.05) is 73.6 Å². The smallest absolute Gasteiger partial charge is 0.274 e. The third-order valence-corrected chi connectivity index (χ3v) is 3.59. The monoisotopic (exact) mass is 333 g/mol. The van der Waals surface area contributed by atoms with Gasteiger partial charge in [-0.05, 0) is 36.4 Å². The molecule has 126 valence electrons. The molecule has 1 heterocycles. The van der Waals surface area contributed by atoms with Gasteiger partial charge in [-0.15, -0.1) is 0 Å². The molecule has 0 atom stereocenters. The first-order valence-electron chi connectivity index (χ1n) is 7.85. The van der Waals surface area contributed by atoms with Crippen molar-refractivity contribution in [3.63, 3.8) is 0 Å². The first kappa shape index (κ1) is 16.4. The Kier molecular flexibility index (Phi) is 4.89. The number of benzene rings is 2. The van der Waals surface area contributed by atoms with E-state index < -0.39 is 0 Å². The maximum atomic E-state index is 12.4. The van der Waals surface area contributed by atoms with Crippen LogP contribution in [0.5, 0.6) is 0 Å². The summed E-state index contributed by atoms with van der Waals surface area (Å²) < 4.78 is 0. The number of aromatic nitrogens is 2. The first-order valence-corrected chi connectivity index (χ1v) is 7.85. The standard InChI is InChI=1S/C19H19N5O/c1-24(2)16-10-8-15(9-11-16)23-19(25)17-12-18(21-13-20-17)22-14-6-4-3-5-7-14/h3-13H,1-2H3,(H,23,25)(H,20,21,22). The Balaban J connectivity index is 1.70. The lowest BCUT2D eigenvalue weighted by molar-refractivity contribution is 0.102. The Bertz CT molecular complexity index is 847. The van der Waals surface area contributed by atoms with Gasteiger partial charge >= 0.3 is 0 Å². The highest BCUT2D eigenvalue weighted by Crippen LogP contribution is 2.17. The zero-order valence-corrected chi connectivity index (χ0v) is 14.1. The van der Waals surface area contributed by atoms with Gasteiger partial charge in [-0.3, -0.25) is 4.79 Å². The van der Waals surface area contributed by atoms with Crippen molar-refractivity contribution in [3.05, 3.63) is 72.7 Å². The lowest BCUT2D eigenvalue weighted by atomic mass is 10.2. The molecule has 0 bridgehead atoms. The molecule has 0 spiro atoms. The van der Waals surface area contributed by atoms with Gasteiger partial charge in [0.05, 0.1) is 0 Å². The Hall–Kier alpha value is -3.41. The van der Waals surface area contributed by atoms with Crippen molar-refractivity contribution in [2.24, 2.45) is 0 Å². The van der Waals surface area contributed by atoms with Gasteiger partial charge in [0.2, 0.25) is 0 Å². The normalized spacial score (nSPS) is 10.2. The molecule has 25 heavy (non-hydrogen) atoms. The molecule has 0 radical (unpaired) electrons. The van der Waals surface area contributed by atoms with Crippen LogP contribution in [-0.2, 0) is 0 Å². The number of para-hydroxylation sites is 1. The molecule has 1 aromatic heterocycles. The SMILES string of the molecule is CN(C)c1ccc(NC(=O)c2cc(Nc3ccccc3)ncn2)cc1. The fourth-order valence-corrected chi connectivity index (χ4v) is 2.26. The van der Waals surface area contributed by atoms with Gasteiger partial charge < -0.3 is 15.5 Å². The van der Waals surface area contributed by atoms with Crippen molar-refractivity contribution in [3.8, 4) is 0 Å². The van der Waals surface area contributed by atoms with Crippen LogP contribution in [0.25, 0.3) is 0 Å². The highest BCUT2D eigenvalue weighted by molar-refractivity contribution is 6.03. The summed E-state index contributed by atoms with van der Waals surface area (Å²) in [7, 11) is 3.94. The summed E-state index contributed by atoms with van der Waals surface area (Å²) in [5.41, 5.74) is 2.97. The van der Waals surface area contributed by atoms with E-state index in [1.165, 1.54) is 6.33 Å². The summed E-state index contributed by atoms with van der Waals surface area (Å²) in [6.07, 6.45) is 1.37. The minimum absolute atomic E-state index is 0.281. The molecule has 0 fully saturated rings. The summed E-state index contributed by atoms with van der Waals surface area (Å²) in [6.45, 7) is 0. The van der Waals surface area contributed by atoms with E-state index in [9.17, 15) is 4.79 Å². The molecular formula is C19H19N5O. The van der Waals surface area contributed by atoms with Gasteiger partial charge in [-0.2, -0.15) is 0 Å². The second-order valence-electron chi connectivity index (χ2n) is 5.67. The largest absolute Gasteiger partial charge is 0.378 e. The fourth-order valence-electron chi connectivity index (χ4n) is 2.26. The number of hydrogen-bond acceptors (Lipinski definition) is 5. The van der Waals surface area contributed by atoms with Crippen molar-refractivity contribution >= 4 is 28.8 Å². The fraction of sp³-hybridized carbons (Fsp3) is 0.105. The van der Waals surface area contributed by atoms with Crippen LogP contribution in [0.1, 0.15) is 10.5 Å². The second kappa shape index (κ2) is 7.44. The van der Waals surface area contributed by atoms with Crippen LogP contribution < -0.4 is 15.5 Å². The van der Waals surface area contributed by atoms with Crippen LogP contribution in [0.4, 0.5) is 22.9 Å². The Morgan fingerprint density at radius 3 is 2.32 bits per heavy atom. The molecule has 0 aliphatic rings. The molecule has 0 aliphatic heterocycles. The number of amides is 1. The average molecular weight is 333 g/mol. The van der Waals surface area contributed by atoms with Crippen LogP contribution in [0, 0.1) is 0 Å². The minimum atomic E-state index is -0.281. The molecule has 1 amide bonds. The third-order valence-electron chi connectivity index (χ3n) is 3.59. The topological polar surface area (TPSA) is 70.2 Å². The van der Waals surface area contributed by atoms with Gasteiger partial charge in [0.25, 0.3) is 5.91 Å². The van der Waals surface area contributed by atoms with Gasteiger partial charge in [0.1, 0.15) is 17.8 Å². The van der Waals surface area contributed by atoms with Crippen LogP contribution >= 0.6 is 0 Å². The van der Waals surface area contributed by atoms with E-state index >= 15 is 0 Å². The van der Waals surface area contributed by atoms with Crippen molar-refractivity contribution in [1.29, 1.82) is 0 Å². The van der Waals surface area contributed by atoms with E-state index in [-0.39, 0.29) is 5.91 Å². The van der Waals surface area contributed by atoms with E-state index in [0.29, 0.717) is 17.2 Å². The zero-order valence-electron chi connectivity index (χ0n) is 14.1. The minimum Gasteiger partial charge on any atom is -0.378 e. The Morgan fingerprint density at radius 1 is 0.920 bits per heavy atom. The first-order chi connectivity index (χ1) is 12.1. The van der Waals surface area contributed by atoms with Crippen LogP contribution in [0.15, 0.2) is 67.0 Å². The van der Waals surface area contributed by atoms with Crippen molar-refractivity contribution in [1.82, 2.24) is 9.97 Å². The van der Waals surface area contributed by atoms with E-state index in [0.717, 1.165) is 11.4 Å². The molecule has 0 saturated heterocycles. The quantitative estimate of drug-likeness (QED) is 0.747. The number of anilines is 4. The summed E-state index contributed by atoms with van der Waals surface area (Å²) in [5.74, 6) is 0.283. The summed E-state index contributed by atoms with van der Waals surface area (Å²) in [4.78, 5) is 22.6. The molecule has 3 aromatic rings. The van der Waals surface area contributed by atoms with Crippen LogP contribution in [-0.4, -0.2) is 30.0 Å². The lowest BCUT2D eigenvalue weighted by Crippen LogP contribution is -2.14. The Morgan fingerprint density at radius 2 is 1.64 bits per heavy atom. The summed E-state index contributed by atoms with van der Waals surface area (Å²) >= 11 is 0. The number of hydrogen-bond donors (Lipinski definition) is 2. The van der Waals surface area contributed by atoms with Gasteiger partial charge in [0.15, 0.2) is 0 Å². The predicted molar refractivity (Wildman–Crippen MR) is 100 cm³/mol. The molecule has 2 aromatic carbocycles. The van der Waals surface area contributed by atoms with E-state index in [1.54, 1.807) is 6.07 Å². The molecule has 6 heteroatoms. The van der Waals surface area contributed by atoms with Gasteiger partial charge in [-0.25, -0.2) is 9.97 Å². The number of nitrogens with zero attached hydrogens (tertiary/aromatic N) is 3. The Labute approximate surface area is 146 Å². The molecule has 0 saturated carbocycles. The van der Waals surface area contributed by atoms with E-state index in [4.69, 9.17) is 0 Å². The maximum absolute atomic E-state index is 12.4. The number of carbonyl (C=O) groups excluding carboxylic acids is 1.